The molecule has 0 aromatic heterocycles. The summed E-state index contributed by atoms with van der Waals surface area (Å²) in [6, 6.07) is 6.46. The predicted octanol–water partition coefficient (Wildman–Crippen LogP) is 5.46. The second kappa shape index (κ2) is 6.42. The smallest absolute Gasteiger partial charge is 0.263 e. The number of sulfonamides is 1. The normalized spacial score (nSPS) is 11.5. The van der Waals surface area contributed by atoms with E-state index in [9.17, 15) is 12.8 Å². The van der Waals surface area contributed by atoms with Crippen LogP contribution in [-0.2, 0) is 10.0 Å². The fraction of sp³-hybridized carbons (Fsp3) is 0. The van der Waals surface area contributed by atoms with Gasteiger partial charge in [0.05, 0.1) is 15.7 Å². The molecule has 0 atom stereocenters. The molecule has 3 nitrogen and oxygen atoms in total. The fourth-order valence-electron chi connectivity index (χ4n) is 1.52. The van der Waals surface area contributed by atoms with Crippen molar-refractivity contribution in [1.29, 1.82) is 0 Å². The second-order valence-corrected chi connectivity index (χ2v) is 8.16. The third-order valence-electron chi connectivity index (χ3n) is 2.43. The van der Waals surface area contributed by atoms with Crippen molar-refractivity contribution in [2.45, 2.75) is 4.90 Å². The molecule has 0 saturated carbocycles. The standard InChI is InChI=1S/C12H6Br2Cl2FNO2S/c13-6-1-2-11(9(15)3-6)21(19,20)18-12-8(14)4-7(17)5-10(12)16/h1-5,18H. The molecule has 2 rings (SSSR count). The van der Waals surface area contributed by atoms with E-state index in [1.807, 2.05) is 0 Å². The highest BCUT2D eigenvalue weighted by Crippen LogP contribution is 2.34. The maximum Gasteiger partial charge on any atom is 0.263 e. The highest BCUT2D eigenvalue weighted by Gasteiger charge is 2.21. The Hall–Kier alpha value is -0.340. The van der Waals surface area contributed by atoms with Gasteiger partial charge in [0.15, 0.2) is 0 Å². The van der Waals surface area contributed by atoms with Crippen LogP contribution in [-0.4, -0.2) is 8.42 Å². The summed E-state index contributed by atoms with van der Waals surface area (Å²) >= 11 is 18.0. The molecule has 9 heteroatoms. The SMILES string of the molecule is O=S(=O)(Nc1c(Cl)cc(F)cc1Br)c1ccc(Br)cc1Cl. The molecule has 0 aliphatic heterocycles. The zero-order valence-electron chi connectivity index (χ0n) is 10.0. The van der Waals surface area contributed by atoms with Gasteiger partial charge in [-0.15, -0.1) is 0 Å². The first-order chi connectivity index (χ1) is 9.70. The molecule has 112 valence electrons. The van der Waals surface area contributed by atoms with Gasteiger partial charge in [0.2, 0.25) is 0 Å². The number of rotatable bonds is 3. The summed E-state index contributed by atoms with van der Waals surface area (Å²) in [5, 5.41) is -0.0232. The summed E-state index contributed by atoms with van der Waals surface area (Å²) in [5.41, 5.74) is 0.0389. The van der Waals surface area contributed by atoms with Crippen LogP contribution in [0.4, 0.5) is 10.1 Å². The average Bonchev–Trinajstić information content (AvgIpc) is 2.33. The number of anilines is 1. The Morgan fingerprint density at radius 2 is 1.71 bits per heavy atom. The Morgan fingerprint density at radius 3 is 2.29 bits per heavy atom. The monoisotopic (exact) mass is 475 g/mol. The number of benzene rings is 2. The van der Waals surface area contributed by atoms with E-state index in [0.29, 0.717) is 4.47 Å². The Morgan fingerprint density at radius 1 is 1.05 bits per heavy atom. The summed E-state index contributed by atoms with van der Waals surface area (Å²) in [5.74, 6) is -0.587. The zero-order chi connectivity index (χ0) is 15.8. The summed E-state index contributed by atoms with van der Waals surface area (Å²) in [4.78, 5) is -0.111. The van der Waals surface area contributed by atoms with E-state index in [2.05, 4.69) is 36.6 Å². The Balaban J connectivity index is 2.47. The number of halogens is 5. The van der Waals surface area contributed by atoms with E-state index in [0.717, 1.165) is 12.1 Å². The van der Waals surface area contributed by atoms with Crippen molar-refractivity contribution in [2.24, 2.45) is 0 Å². The van der Waals surface area contributed by atoms with Gasteiger partial charge in [0, 0.05) is 8.95 Å². The van der Waals surface area contributed by atoms with Crippen LogP contribution >= 0.6 is 55.1 Å². The fourth-order valence-corrected chi connectivity index (χ4v) is 4.75. The topological polar surface area (TPSA) is 46.2 Å². The van der Waals surface area contributed by atoms with Gasteiger partial charge in [-0.2, -0.15) is 0 Å². The molecule has 21 heavy (non-hydrogen) atoms. The molecule has 0 aliphatic carbocycles. The molecule has 0 bridgehead atoms. The molecular weight excluding hydrogens is 472 g/mol. The lowest BCUT2D eigenvalue weighted by atomic mass is 10.3. The largest absolute Gasteiger partial charge is 0.277 e. The maximum atomic E-state index is 13.2. The predicted molar refractivity (Wildman–Crippen MR) is 89.1 cm³/mol. The first kappa shape index (κ1) is 17.0. The molecule has 0 unspecified atom stereocenters. The average molecular weight is 478 g/mol. The minimum absolute atomic E-state index is 0.0389. The van der Waals surface area contributed by atoms with Crippen molar-refractivity contribution in [2.75, 3.05) is 4.72 Å². The van der Waals surface area contributed by atoms with Crippen molar-refractivity contribution in [3.05, 3.63) is 55.1 Å². The van der Waals surface area contributed by atoms with Gasteiger partial charge in [-0.3, -0.25) is 4.72 Å². The van der Waals surface area contributed by atoms with Gasteiger partial charge < -0.3 is 0 Å². The first-order valence-electron chi connectivity index (χ1n) is 5.33. The third kappa shape index (κ3) is 3.90. The number of nitrogens with one attached hydrogen (secondary N) is 1. The van der Waals surface area contributed by atoms with Crippen molar-refractivity contribution in [3.8, 4) is 0 Å². The van der Waals surface area contributed by atoms with Crippen molar-refractivity contribution in [1.82, 2.24) is 0 Å². The molecule has 0 saturated heterocycles. The lowest BCUT2D eigenvalue weighted by Gasteiger charge is -2.12. The highest BCUT2D eigenvalue weighted by molar-refractivity contribution is 9.10. The molecule has 1 N–H and O–H groups in total. The van der Waals surface area contributed by atoms with Gasteiger partial charge in [0.25, 0.3) is 10.0 Å². The minimum Gasteiger partial charge on any atom is -0.277 e. The van der Waals surface area contributed by atoms with Crippen molar-refractivity contribution in [3.63, 3.8) is 0 Å². The van der Waals surface area contributed by atoms with Gasteiger partial charge in [-0.1, -0.05) is 39.1 Å². The van der Waals surface area contributed by atoms with E-state index < -0.39 is 15.8 Å². The quantitative estimate of drug-likeness (QED) is 0.638. The van der Waals surface area contributed by atoms with Gasteiger partial charge >= 0.3 is 0 Å². The van der Waals surface area contributed by atoms with Crippen LogP contribution in [0.2, 0.25) is 10.0 Å². The van der Waals surface area contributed by atoms with Crippen LogP contribution in [0.25, 0.3) is 0 Å². The Kier molecular flexibility index (Phi) is 5.20. The lowest BCUT2D eigenvalue weighted by Crippen LogP contribution is -2.14. The van der Waals surface area contributed by atoms with Crippen LogP contribution in [0.3, 0.4) is 0 Å². The molecule has 0 fully saturated rings. The summed E-state index contributed by atoms with van der Waals surface area (Å²) in [6.07, 6.45) is 0. The first-order valence-corrected chi connectivity index (χ1v) is 9.15. The zero-order valence-corrected chi connectivity index (χ0v) is 15.5. The van der Waals surface area contributed by atoms with E-state index in [4.69, 9.17) is 23.2 Å². The Bertz CT molecular complexity index is 792. The van der Waals surface area contributed by atoms with E-state index in [1.54, 1.807) is 6.07 Å². The van der Waals surface area contributed by atoms with Crippen molar-refractivity contribution < 1.29 is 12.8 Å². The molecule has 0 heterocycles. The molecule has 0 spiro atoms. The summed E-state index contributed by atoms with van der Waals surface area (Å²) in [6.45, 7) is 0. The number of hydrogen-bond donors (Lipinski definition) is 1. The lowest BCUT2D eigenvalue weighted by molar-refractivity contribution is 0.601. The van der Waals surface area contributed by atoms with Crippen molar-refractivity contribution >= 4 is 70.8 Å². The number of hydrogen-bond acceptors (Lipinski definition) is 2. The van der Waals surface area contributed by atoms with E-state index >= 15 is 0 Å². The van der Waals surface area contributed by atoms with E-state index in [1.165, 1.54) is 12.1 Å². The van der Waals surface area contributed by atoms with Crippen LogP contribution in [0.1, 0.15) is 0 Å². The maximum absolute atomic E-state index is 13.2. The second-order valence-electron chi connectivity index (χ2n) is 3.92. The third-order valence-corrected chi connectivity index (χ3v) is 5.68. The van der Waals surface area contributed by atoms with Crippen LogP contribution in [0, 0.1) is 5.82 Å². The van der Waals surface area contributed by atoms with Crippen LogP contribution in [0.5, 0.6) is 0 Å². The van der Waals surface area contributed by atoms with Gasteiger partial charge in [-0.05, 0) is 46.3 Å². The molecular formula is C12H6Br2Cl2FNO2S. The highest BCUT2D eigenvalue weighted by atomic mass is 79.9. The summed E-state index contributed by atoms with van der Waals surface area (Å²) in [7, 11) is -3.96. The Labute approximate surface area is 147 Å². The molecule has 2 aromatic rings. The molecule has 2 aromatic carbocycles. The summed E-state index contributed by atoms with van der Waals surface area (Å²) < 4.78 is 40.9. The minimum atomic E-state index is -3.96. The molecule has 0 amide bonds. The molecule has 0 aliphatic rings. The molecule has 0 radical (unpaired) electrons. The van der Waals surface area contributed by atoms with E-state index in [-0.39, 0.29) is 25.1 Å². The van der Waals surface area contributed by atoms with Gasteiger partial charge in [-0.25, -0.2) is 12.8 Å². The van der Waals surface area contributed by atoms with Gasteiger partial charge in [0.1, 0.15) is 10.7 Å². The van der Waals surface area contributed by atoms with Crippen LogP contribution in [0.15, 0.2) is 44.2 Å². The van der Waals surface area contributed by atoms with Crippen LogP contribution < -0.4 is 4.72 Å².